The lowest BCUT2D eigenvalue weighted by Gasteiger charge is -2.28. The maximum atomic E-state index is 11.1. The summed E-state index contributed by atoms with van der Waals surface area (Å²) < 4.78 is 0.758. The molecule has 1 fully saturated rings. The van der Waals surface area contributed by atoms with Gasteiger partial charge in [0.05, 0.1) is 0 Å². The summed E-state index contributed by atoms with van der Waals surface area (Å²) in [5, 5.41) is 2.63. The lowest BCUT2D eigenvalue weighted by Crippen LogP contribution is -2.43. The van der Waals surface area contributed by atoms with Gasteiger partial charge in [-0.2, -0.15) is 0 Å². The number of likely N-dealkylation sites (tertiary alicyclic amines) is 1. The van der Waals surface area contributed by atoms with E-state index in [-0.39, 0.29) is 6.03 Å². The van der Waals surface area contributed by atoms with Crippen LogP contribution in [0.15, 0.2) is 0 Å². The molecule has 0 radical (unpaired) electrons. The third kappa shape index (κ3) is 2.50. The van der Waals surface area contributed by atoms with Crippen LogP contribution in [0.1, 0.15) is 12.8 Å². The number of amides is 2. The van der Waals surface area contributed by atoms with Gasteiger partial charge in [-0.05, 0) is 12.8 Å². The fourth-order valence-electron chi connectivity index (χ4n) is 1.21. The number of hydrogen-bond acceptors (Lipinski definition) is 1. The average molecular weight is 268 g/mol. The Morgan fingerprint density at radius 3 is 2.55 bits per heavy atom. The second-order valence-electron chi connectivity index (χ2n) is 2.72. The molecular formula is C7H13IN2O. The number of carbonyl (C=O) groups is 1. The molecule has 11 heavy (non-hydrogen) atoms. The number of carbonyl (C=O) groups excluding carboxylic acids is 1. The average Bonchev–Trinajstić information content (AvgIpc) is 2.05. The Labute approximate surface area is 80.7 Å². The van der Waals surface area contributed by atoms with Gasteiger partial charge in [-0.1, -0.05) is 22.6 Å². The standard InChI is InChI=1S/C7H13IN2O/c1-9-7(11)10-4-2-6(8)3-5-10/h6H,2-5H2,1H3,(H,9,11). The number of rotatable bonds is 0. The van der Waals surface area contributed by atoms with E-state index in [0.717, 1.165) is 29.9 Å². The zero-order valence-electron chi connectivity index (χ0n) is 6.64. The minimum absolute atomic E-state index is 0.0632. The van der Waals surface area contributed by atoms with Crippen molar-refractivity contribution in [2.45, 2.75) is 16.8 Å². The first-order valence-corrected chi connectivity index (χ1v) is 5.09. The van der Waals surface area contributed by atoms with Crippen LogP contribution in [0.2, 0.25) is 0 Å². The molecule has 1 aliphatic heterocycles. The van der Waals surface area contributed by atoms with Gasteiger partial charge in [0, 0.05) is 24.1 Å². The number of halogens is 1. The first-order chi connectivity index (χ1) is 5.24. The van der Waals surface area contributed by atoms with E-state index in [9.17, 15) is 4.79 Å². The predicted molar refractivity (Wildman–Crippen MR) is 53.1 cm³/mol. The zero-order chi connectivity index (χ0) is 8.27. The number of alkyl halides is 1. The lowest BCUT2D eigenvalue weighted by atomic mass is 10.1. The fraction of sp³-hybridized carbons (Fsp3) is 0.857. The van der Waals surface area contributed by atoms with Gasteiger partial charge in [-0.25, -0.2) is 4.79 Å². The van der Waals surface area contributed by atoms with Crippen LogP contribution in [0.25, 0.3) is 0 Å². The summed E-state index contributed by atoms with van der Waals surface area (Å²) in [5.74, 6) is 0. The zero-order valence-corrected chi connectivity index (χ0v) is 8.80. The maximum absolute atomic E-state index is 11.1. The molecule has 0 aliphatic carbocycles. The molecule has 1 heterocycles. The molecule has 2 amide bonds. The predicted octanol–water partition coefficient (Wildman–Crippen LogP) is 1.23. The number of piperidine rings is 1. The van der Waals surface area contributed by atoms with Crippen molar-refractivity contribution in [2.24, 2.45) is 0 Å². The van der Waals surface area contributed by atoms with Crippen LogP contribution in [0.3, 0.4) is 0 Å². The van der Waals surface area contributed by atoms with Crippen molar-refractivity contribution in [1.82, 2.24) is 10.2 Å². The smallest absolute Gasteiger partial charge is 0.317 e. The van der Waals surface area contributed by atoms with E-state index in [4.69, 9.17) is 0 Å². The molecule has 1 rings (SSSR count). The molecule has 1 aliphatic rings. The Hall–Kier alpha value is 0. The van der Waals surface area contributed by atoms with Crippen molar-refractivity contribution in [1.29, 1.82) is 0 Å². The fourth-order valence-corrected chi connectivity index (χ4v) is 1.77. The Balaban J connectivity index is 2.33. The Morgan fingerprint density at radius 2 is 2.09 bits per heavy atom. The van der Waals surface area contributed by atoms with Crippen LogP contribution in [-0.2, 0) is 0 Å². The van der Waals surface area contributed by atoms with Gasteiger partial charge >= 0.3 is 6.03 Å². The van der Waals surface area contributed by atoms with Crippen LogP contribution < -0.4 is 5.32 Å². The van der Waals surface area contributed by atoms with E-state index in [2.05, 4.69) is 27.9 Å². The molecule has 0 spiro atoms. The summed E-state index contributed by atoms with van der Waals surface area (Å²) in [6.45, 7) is 1.82. The maximum Gasteiger partial charge on any atom is 0.317 e. The van der Waals surface area contributed by atoms with Crippen LogP contribution in [0, 0.1) is 0 Å². The van der Waals surface area contributed by atoms with E-state index >= 15 is 0 Å². The highest BCUT2D eigenvalue weighted by Crippen LogP contribution is 2.17. The first-order valence-electron chi connectivity index (χ1n) is 3.84. The molecule has 4 heteroatoms. The molecule has 0 unspecified atom stereocenters. The molecule has 0 aromatic rings. The van der Waals surface area contributed by atoms with Crippen LogP contribution in [0.5, 0.6) is 0 Å². The van der Waals surface area contributed by atoms with Gasteiger partial charge in [0.25, 0.3) is 0 Å². The number of nitrogens with one attached hydrogen (secondary N) is 1. The molecule has 3 nitrogen and oxygen atoms in total. The van der Waals surface area contributed by atoms with Crippen molar-refractivity contribution in [3.8, 4) is 0 Å². The molecule has 0 atom stereocenters. The summed E-state index contributed by atoms with van der Waals surface area (Å²) in [4.78, 5) is 13.0. The quantitative estimate of drug-likeness (QED) is 0.520. The highest BCUT2D eigenvalue weighted by atomic mass is 127. The molecule has 64 valence electrons. The van der Waals surface area contributed by atoms with E-state index in [1.54, 1.807) is 7.05 Å². The highest BCUT2D eigenvalue weighted by Gasteiger charge is 2.19. The first kappa shape index (κ1) is 9.09. The SMILES string of the molecule is CNC(=O)N1CCC(I)CC1. The topological polar surface area (TPSA) is 32.3 Å². The summed E-state index contributed by atoms with van der Waals surface area (Å²) in [5.41, 5.74) is 0. The largest absolute Gasteiger partial charge is 0.341 e. The van der Waals surface area contributed by atoms with Crippen molar-refractivity contribution < 1.29 is 4.79 Å². The Morgan fingerprint density at radius 1 is 1.55 bits per heavy atom. The minimum atomic E-state index is 0.0632. The summed E-state index contributed by atoms with van der Waals surface area (Å²) in [6, 6.07) is 0.0632. The summed E-state index contributed by atoms with van der Waals surface area (Å²) >= 11 is 2.44. The molecule has 0 saturated carbocycles. The van der Waals surface area contributed by atoms with Gasteiger partial charge in [0.1, 0.15) is 0 Å². The summed E-state index contributed by atoms with van der Waals surface area (Å²) in [7, 11) is 1.68. The van der Waals surface area contributed by atoms with Crippen molar-refractivity contribution in [2.75, 3.05) is 20.1 Å². The van der Waals surface area contributed by atoms with Gasteiger partial charge in [-0.3, -0.25) is 0 Å². The Kier molecular flexibility index (Phi) is 3.42. The monoisotopic (exact) mass is 268 g/mol. The normalized spacial score (nSPS) is 20.0. The van der Waals surface area contributed by atoms with E-state index < -0.39 is 0 Å². The van der Waals surface area contributed by atoms with Gasteiger partial charge < -0.3 is 10.2 Å². The lowest BCUT2D eigenvalue weighted by molar-refractivity contribution is 0.191. The van der Waals surface area contributed by atoms with Gasteiger partial charge in [-0.15, -0.1) is 0 Å². The number of nitrogens with zero attached hydrogens (tertiary/aromatic N) is 1. The van der Waals surface area contributed by atoms with Crippen LogP contribution in [0.4, 0.5) is 4.79 Å². The minimum Gasteiger partial charge on any atom is -0.341 e. The molecule has 1 N–H and O–H groups in total. The molecular weight excluding hydrogens is 255 g/mol. The highest BCUT2D eigenvalue weighted by molar-refractivity contribution is 14.1. The van der Waals surface area contributed by atoms with Crippen molar-refractivity contribution in [3.63, 3.8) is 0 Å². The number of urea groups is 1. The number of hydrogen-bond donors (Lipinski definition) is 1. The summed E-state index contributed by atoms with van der Waals surface area (Å²) in [6.07, 6.45) is 2.27. The van der Waals surface area contributed by atoms with E-state index in [0.29, 0.717) is 0 Å². The molecule has 0 aromatic carbocycles. The van der Waals surface area contributed by atoms with Crippen LogP contribution >= 0.6 is 22.6 Å². The molecule has 1 saturated heterocycles. The third-order valence-corrected chi connectivity index (χ3v) is 3.17. The van der Waals surface area contributed by atoms with Crippen molar-refractivity contribution in [3.05, 3.63) is 0 Å². The second kappa shape index (κ2) is 4.13. The third-order valence-electron chi connectivity index (χ3n) is 1.93. The Bertz CT molecular complexity index is 143. The van der Waals surface area contributed by atoms with Crippen molar-refractivity contribution >= 4 is 28.6 Å². The van der Waals surface area contributed by atoms with Gasteiger partial charge in [0.15, 0.2) is 0 Å². The molecule has 0 aromatic heterocycles. The van der Waals surface area contributed by atoms with Crippen LogP contribution in [-0.4, -0.2) is 35.0 Å². The van der Waals surface area contributed by atoms with Gasteiger partial charge in [0.2, 0.25) is 0 Å². The molecule has 0 bridgehead atoms. The van der Waals surface area contributed by atoms with E-state index in [1.807, 2.05) is 4.90 Å². The second-order valence-corrected chi connectivity index (χ2v) is 4.48. The van der Waals surface area contributed by atoms with E-state index in [1.165, 1.54) is 0 Å².